The first-order valence-electron chi connectivity index (χ1n) is 9.50. The summed E-state index contributed by atoms with van der Waals surface area (Å²) in [4.78, 5) is 19.3. The predicted octanol–water partition coefficient (Wildman–Crippen LogP) is 3.91. The second kappa shape index (κ2) is 8.40. The van der Waals surface area contributed by atoms with E-state index < -0.39 is 0 Å². The normalized spacial score (nSPS) is 18.4. The number of nitrogens with zero attached hydrogens (tertiary/aromatic N) is 3. The molecule has 1 aromatic heterocycles. The van der Waals surface area contributed by atoms with Crippen LogP contribution < -0.4 is 5.32 Å². The van der Waals surface area contributed by atoms with Gasteiger partial charge in [0.1, 0.15) is 0 Å². The third kappa shape index (κ3) is 5.08. The number of halogens is 1. The summed E-state index contributed by atoms with van der Waals surface area (Å²) in [5.74, 6) is 1.16. The standard InChI is InChI=1S/C20H27ClN4O2/c1-4-20(2,3)23-19(26)14-8-7-11-25(12-14)13-17-22-18(24-27-17)15-9-5-6-10-16(15)21/h5-6,9-10,14H,4,7-8,11-13H2,1-3H3,(H,23,26). The fourth-order valence-electron chi connectivity index (χ4n) is 3.20. The third-order valence-electron chi connectivity index (χ3n) is 5.16. The summed E-state index contributed by atoms with van der Waals surface area (Å²) in [5.41, 5.74) is 0.585. The van der Waals surface area contributed by atoms with Gasteiger partial charge in [-0.3, -0.25) is 9.69 Å². The van der Waals surface area contributed by atoms with E-state index in [0.717, 1.165) is 31.4 Å². The van der Waals surface area contributed by atoms with E-state index in [9.17, 15) is 4.79 Å². The summed E-state index contributed by atoms with van der Waals surface area (Å²) in [6, 6.07) is 7.43. The maximum atomic E-state index is 12.6. The number of aromatic nitrogens is 2. The van der Waals surface area contributed by atoms with E-state index in [2.05, 4.69) is 41.1 Å². The van der Waals surface area contributed by atoms with Crippen molar-refractivity contribution in [2.75, 3.05) is 13.1 Å². The van der Waals surface area contributed by atoms with Crippen LogP contribution in [-0.4, -0.2) is 39.6 Å². The van der Waals surface area contributed by atoms with Gasteiger partial charge in [-0.25, -0.2) is 0 Å². The molecule has 27 heavy (non-hydrogen) atoms. The lowest BCUT2D eigenvalue weighted by Gasteiger charge is -2.33. The van der Waals surface area contributed by atoms with Crippen molar-refractivity contribution >= 4 is 17.5 Å². The zero-order chi connectivity index (χ0) is 19.4. The maximum Gasteiger partial charge on any atom is 0.241 e. The summed E-state index contributed by atoms with van der Waals surface area (Å²) >= 11 is 6.20. The monoisotopic (exact) mass is 390 g/mol. The molecular formula is C20H27ClN4O2. The van der Waals surface area contributed by atoms with Gasteiger partial charge in [-0.05, 0) is 51.8 Å². The Bertz CT molecular complexity index is 790. The summed E-state index contributed by atoms with van der Waals surface area (Å²) in [6.45, 7) is 8.36. The van der Waals surface area contributed by atoms with Crippen molar-refractivity contribution in [3.05, 3.63) is 35.2 Å². The molecule has 146 valence electrons. The molecule has 0 saturated carbocycles. The van der Waals surface area contributed by atoms with Gasteiger partial charge in [-0.1, -0.05) is 35.8 Å². The van der Waals surface area contributed by atoms with E-state index in [1.165, 1.54) is 0 Å². The second-order valence-corrected chi connectivity index (χ2v) is 8.20. The maximum absolute atomic E-state index is 12.6. The number of carbonyl (C=O) groups is 1. The Balaban J connectivity index is 1.61. The average molecular weight is 391 g/mol. The first-order chi connectivity index (χ1) is 12.9. The van der Waals surface area contributed by atoms with E-state index in [1.807, 2.05) is 18.2 Å². The van der Waals surface area contributed by atoms with E-state index >= 15 is 0 Å². The zero-order valence-electron chi connectivity index (χ0n) is 16.2. The van der Waals surface area contributed by atoms with Crippen LogP contribution in [0.15, 0.2) is 28.8 Å². The number of piperidine rings is 1. The van der Waals surface area contributed by atoms with Crippen molar-refractivity contribution in [3.63, 3.8) is 0 Å². The van der Waals surface area contributed by atoms with Gasteiger partial charge >= 0.3 is 0 Å². The van der Waals surface area contributed by atoms with Crippen molar-refractivity contribution in [1.29, 1.82) is 0 Å². The van der Waals surface area contributed by atoms with E-state index in [0.29, 0.717) is 29.8 Å². The number of hydrogen-bond donors (Lipinski definition) is 1. The molecule has 1 unspecified atom stereocenters. The van der Waals surface area contributed by atoms with Gasteiger partial charge in [-0.2, -0.15) is 4.98 Å². The van der Waals surface area contributed by atoms with E-state index in [1.54, 1.807) is 6.07 Å². The Morgan fingerprint density at radius 2 is 2.19 bits per heavy atom. The molecule has 0 radical (unpaired) electrons. The van der Waals surface area contributed by atoms with Crippen LogP contribution in [0, 0.1) is 5.92 Å². The Morgan fingerprint density at radius 1 is 1.41 bits per heavy atom. The van der Waals surface area contributed by atoms with Crippen LogP contribution >= 0.6 is 11.6 Å². The third-order valence-corrected chi connectivity index (χ3v) is 5.49. The van der Waals surface area contributed by atoms with Crippen molar-refractivity contribution in [1.82, 2.24) is 20.4 Å². The summed E-state index contributed by atoms with van der Waals surface area (Å²) < 4.78 is 5.41. The van der Waals surface area contributed by atoms with Crippen LogP contribution in [0.25, 0.3) is 11.4 Å². The van der Waals surface area contributed by atoms with Crippen molar-refractivity contribution in [3.8, 4) is 11.4 Å². The Hall–Kier alpha value is -1.92. The fourth-order valence-corrected chi connectivity index (χ4v) is 3.42. The molecular weight excluding hydrogens is 364 g/mol. The summed E-state index contributed by atoms with van der Waals surface area (Å²) in [6.07, 6.45) is 2.80. The molecule has 1 aliphatic heterocycles. The molecule has 0 aliphatic carbocycles. The highest BCUT2D eigenvalue weighted by atomic mass is 35.5. The minimum Gasteiger partial charge on any atom is -0.351 e. The van der Waals surface area contributed by atoms with E-state index in [-0.39, 0.29) is 17.4 Å². The van der Waals surface area contributed by atoms with Gasteiger partial charge in [-0.15, -0.1) is 0 Å². The molecule has 7 heteroatoms. The van der Waals surface area contributed by atoms with E-state index in [4.69, 9.17) is 16.1 Å². The predicted molar refractivity (Wildman–Crippen MR) is 105 cm³/mol. The van der Waals surface area contributed by atoms with Gasteiger partial charge in [0, 0.05) is 17.6 Å². The first-order valence-corrected chi connectivity index (χ1v) is 9.87. The van der Waals surface area contributed by atoms with Crippen LogP contribution in [0.3, 0.4) is 0 Å². The van der Waals surface area contributed by atoms with Crippen molar-refractivity contribution in [2.45, 2.75) is 52.1 Å². The highest BCUT2D eigenvalue weighted by Gasteiger charge is 2.29. The molecule has 1 aromatic carbocycles. The molecule has 6 nitrogen and oxygen atoms in total. The molecule has 0 spiro atoms. The molecule has 2 heterocycles. The number of amides is 1. The number of nitrogens with one attached hydrogen (secondary N) is 1. The highest BCUT2D eigenvalue weighted by Crippen LogP contribution is 2.26. The van der Waals surface area contributed by atoms with Crippen molar-refractivity contribution in [2.24, 2.45) is 5.92 Å². The topological polar surface area (TPSA) is 71.3 Å². The minimum atomic E-state index is -0.171. The molecule has 1 N–H and O–H groups in total. The molecule has 1 fully saturated rings. The number of rotatable bonds is 6. The van der Waals surface area contributed by atoms with Gasteiger partial charge in [0.05, 0.1) is 17.5 Å². The lowest BCUT2D eigenvalue weighted by molar-refractivity contribution is -0.128. The number of likely N-dealkylation sites (tertiary alicyclic amines) is 1. The lowest BCUT2D eigenvalue weighted by atomic mass is 9.94. The molecule has 1 saturated heterocycles. The van der Waals surface area contributed by atoms with Crippen molar-refractivity contribution < 1.29 is 9.32 Å². The Morgan fingerprint density at radius 3 is 2.93 bits per heavy atom. The second-order valence-electron chi connectivity index (χ2n) is 7.79. The van der Waals surface area contributed by atoms with Gasteiger partial charge in [0.15, 0.2) is 0 Å². The van der Waals surface area contributed by atoms with Crippen LogP contribution in [0.2, 0.25) is 5.02 Å². The summed E-state index contributed by atoms with van der Waals surface area (Å²) in [5, 5.41) is 7.81. The quantitative estimate of drug-likeness (QED) is 0.809. The molecule has 3 rings (SSSR count). The molecule has 2 aromatic rings. The van der Waals surface area contributed by atoms with Crippen LogP contribution in [-0.2, 0) is 11.3 Å². The summed E-state index contributed by atoms with van der Waals surface area (Å²) in [7, 11) is 0. The SMILES string of the molecule is CCC(C)(C)NC(=O)C1CCCN(Cc2nc(-c3ccccc3Cl)no2)C1. The molecule has 1 aliphatic rings. The molecule has 1 atom stereocenters. The fraction of sp³-hybridized carbons (Fsp3) is 0.550. The first kappa shape index (κ1) is 19.8. The molecule has 0 bridgehead atoms. The zero-order valence-corrected chi connectivity index (χ0v) is 16.9. The van der Waals surface area contributed by atoms with Crippen LogP contribution in [0.1, 0.15) is 45.9 Å². The Labute approximate surface area is 165 Å². The number of benzene rings is 1. The minimum absolute atomic E-state index is 0.00413. The van der Waals surface area contributed by atoms with Crippen LogP contribution in [0.5, 0.6) is 0 Å². The Kier molecular flexibility index (Phi) is 6.17. The van der Waals surface area contributed by atoms with Gasteiger partial charge < -0.3 is 9.84 Å². The van der Waals surface area contributed by atoms with Gasteiger partial charge in [0.2, 0.25) is 17.6 Å². The highest BCUT2D eigenvalue weighted by molar-refractivity contribution is 6.33. The molecule has 1 amide bonds. The largest absolute Gasteiger partial charge is 0.351 e. The van der Waals surface area contributed by atoms with Crippen LogP contribution in [0.4, 0.5) is 0 Å². The number of hydrogen-bond acceptors (Lipinski definition) is 5. The average Bonchev–Trinajstić information content (AvgIpc) is 3.10. The number of carbonyl (C=O) groups excluding carboxylic acids is 1. The van der Waals surface area contributed by atoms with Gasteiger partial charge in [0.25, 0.3) is 0 Å². The lowest BCUT2D eigenvalue weighted by Crippen LogP contribution is -2.49. The smallest absolute Gasteiger partial charge is 0.241 e.